The van der Waals surface area contributed by atoms with E-state index in [-0.39, 0.29) is 11.8 Å². The molecule has 2 rings (SSSR count). The Morgan fingerprint density at radius 3 is 2.48 bits per heavy atom. The highest BCUT2D eigenvalue weighted by Gasteiger charge is 2.17. The molecule has 5 heteroatoms. The summed E-state index contributed by atoms with van der Waals surface area (Å²) in [5.41, 5.74) is 3.53. The van der Waals surface area contributed by atoms with Crippen LogP contribution in [0, 0.1) is 6.92 Å². The molecular weight excluding hydrogens is 336 g/mol. The van der Waals surface area contributed by atoms with Crippen LogP contribution in [0.1, 0.15) is 35.3 Å². The van der Waals surface area contributed by atoms with Crippen LogP contribution in [0.2, 0.25) is 5.02 Å². The zero-order valence-electron chi connectivity index (χ0n) is 14.8. The number of halogens is 1. The van der Waals surface area contributed by atoms with Crippen molar-refractivity contribution in [2.75, 3.05) is 18.0 Å². The highest BCUT2D eigenvalue weighted by molar-refractivity contribution is 6.33. The maximum absolute atomic E-state index is 12.2. The smallest absolute Gasteiger partial charge is 0.252 e. The number of hydrogen-bond acceptors (Lipinski definition) is 2. The van der Waals surface area contributed by atoms with Gasteiger partial charge in [-0.2, -0.15) is 0 Å². The number of para-hydroxylation sites is 1. The van der Waals surface area contributed by atoms with Gasteiger partial charge in [0.05, 0.1) is 10.6 Å². The molecule has 0 unspecified atom stereocenters. The van der Waals surface area contributed by atoms with Crippen LogP contribution in [-0.2, 0) is 11.2 Å². The number of anilines is 1. The summed E-state index contributed by atoms with van der Waals surface area (Å²) in [4.78, 5) is 26.1. The summed E-state index contributed by atoms with van der Waals surface area (Å²) >= 11 is 6.04. The molecule has 0 saturated heterocycles. The van der Waals surface area contributed by atoms with Gasteiger partial charge >= 0.3 is 0 Å². The number of amides is 2. The Hall–Kier alpha value is -2.33. The average molecular weight is 359 g/mol. The second-order valence-electron chi connectivity index (χ2n) is 5.84. The van der Waals surface area contributed by atoms with E-state index in [1.165, 1.54) is 0 Å². The van der Waals surface area contributed by atoms with Gasteiger partial charge in [0.2, 0.25) is 5.91 Å². The molecule has 0 fully saturated rings. The van der Waals surface area contributed by atoms with Gasteiger partial charge in [-0.05, 0) is 36.6 Å². The Labute approximate surface area is 153 Å². The van der Waals surface area contributed by atoms with Crippen LogP contribution in [0.25, 0.3) is 0 Å². The van der Waals surface area contributed by atoms with Crippen molar-refractivity contribution in [2.24, 2.45) is 0 Å². The second kappa shape index (κ2) is 8.67. The molecule has 4 nitrogen and oxygen atoms in total. The number of carbonyl (C=O) groups is 2. The Bertz CT molecular complexity index is 774. The first-order chi connectivity index (χ1) is 12.0. The van der Waals surface area contributed by atoms with Gasteiger partial charge < -0.3 is 10.2 Å². The van der Waals surface area contributed by atoms with Crippen LogP contribution >= 0.6 is 11.6 Å². The van der Waals surface area contributed by atoms with E-state index in [2.05, 4.69) is 12.2 Å². The maximum atomic E-state index is 12.2. The predicted molar refractivity (Wildman–Crippen MR) is 102 cm³/mol. The molecule has 132 valence electrons. The van der Waals surface area contributed by atoms with Crippen molar-refractivity contribution in [1.29, 1.82) is 0 Å². The zero-order valence-corrected chi connectivity index (χ0v) is 15.6. The second-order valence-corrected chi connectivity index (χ2v) is 6.25. The monoisotopic (exact) mass is 358 g/mol. The summed E-state index contributed by atoms with van der Waals surface area (Å²) < 4.78 is 0. The minimum absolute atomic E-state index is 0.0454. The fourth-order valence-electron chi connectivity index (χ4n) is 2.84. The molecule has 0 bridgehead atoms. The SMILES string of the molecule is CCc1cccc(C)c1N(CCNC(=O)c1ccccc1Cl)C(C)=O. The van der Waals surface area contributed by atoms with Crippen LogP contribution in [0.4, 0.5) is 5.69 Å². The third-order valence-corrected chi connectivity index (χ3v) is 4.42. The number of aryl methyl sites for hydroxylation is 2. The standard InChI is InChI=1S/C20H23ClN2O2/c1-4-16-9-7-8-14(2)19(16)23(15(3)24)13-12-22-20(25)17-10-5-6-11-18(17)21/h5-11H,4,12-13H2,1-3H3,(H,22,25). The summed E-state index contributed by atoms with van der Waals surface area (Å²) in [6.45, 7) is 6.36. The molecule has 0 spiro atoms. The molecule has 25 heavy (non-hydrogen) atoms. The largest absolute Gasteiger partial charge is 0.350 e. The number of carbonyl (C=O) groups excluding carboxylic acids is 2. The Morgan fingerprint density at radius 1 is 1.12 bits per heavy atom. The predicted octanol–water partition coefficient (Wildman–Crippen LogP) is 3.99. The number of rotatable bonds is 6. The van der Waals surface area contributed by atoms with Gasteiger partial charge in [-0.3, -0.25) is 9.59 Å². The number of benzene rings is 2. The summed E-state index contributed by atoms with van der Waals surface area (Å²) in [6.07, 6.45) is 0.840. The molecule has 0 aliphatic heterocycles. The lowest BCUT2D eigenvalue weighted by Crippen LogP contribution is -2.38. The lowest BCUT2D eigenvalue weighted by atomic mass is 10.0. The van der Waals surface area contributed by atoms with Crippen LogP contribution in [-0.4, -0.2) is 24.9 Å². The first-order valence-electron chi connectivity index (χ1n) is 8.35. The van der Waals surface area contributed by atoms with E-state index < -0.39 is 0 Å². The summed E-state index contributed by atoms with van der Waals surface area (Å²) in [5.74, 6) is -0.286. The molecule has 0 saturated carbocycles. The van der Waals surface area contributed by atoms with Gasteiger partial charge in [0.25, 0.3) is 5.91 Å². The van der Waals surface area contributed by atoms with E-state index in [1.807, 2.05) is 25.1 Å². The Morgan fingerprint density at radius 2 is 1.84 bits per heavy atom. The molecule has 0 atom stereocenters. The van der Waals surface area contributed by atoms with Crippen molar-refractivity contribution >= 4 is 29.1 Å². The fraction of sp³-hybridized carbons (Fsp3) is 0.300. The van der Waals surface area contributed by atoms with E-state index >= 15 is 0 Å². The molecule has 0 heterocycles. The van der Waals surface area contributed by atoms with Crippen LogP contribution in [0.5, 0.6) is 0 Å². The highest BCUT2D eigenvalue weighted by Crippen LogP contribution is 2.25. The summed E-state index contributed by atoms with van der Waals surface area (Å²) in [7, 11) is 0. The molecular formula is C20H23ClN2O2. The van der Waals surface area contributed by atoms with Crippen LogP contribution in [0.15, 0.2) is 42.5 Å². The van der Waals surface area contributed by atoms with Gasteiger partial charge in [-0.15, -0.1) is 0 Å². The Balaban J connectivity index is 2.10. The number of nitrogens with one attached hydrogen (secondary N) is 1. The van der Waals surface area contributed by atoms with Gasteiger partial charge in [0.1, 0.15) is 0 Å². The molecule has 0 aromatic heterocycles. The molecule has 2 aromatic carbocycles. The summed E-state index contributed by atoms with van der Waals surface area (Å²) in [5, 5.41) is 3.25. The first-order valence-corrected chi connectivity index (χ1v) is 8.72. The summed E-state index contributed by atoms with van der Waals surface area (Å²) in [6, 6.07) is 12.9. The van der Waals surface area contributed by atoms with Crippen molar-refractivity contribution in [2.45, 2.75) is 27.2 Å². The fourth-order valence-corrected chi connectivity index (χ4v) is 3.06. The third-order valence-electron chi connectivity index (χ3n) is 4.09. The quantitative estimate of drug-likeness (QED) is 0.848. The van der Waals surface area contributed by atoms with Gasteiger partial charge in [-0.1, -0.05) is 48.9 Å². The molecule has 2 amide bonds. The van der Waals surface area contributed by atoms with E-state index in [9.17, 15) is 9.59 Å². The van der Waals surface area contributed by atoms with E-state index in [1.54, 1.807) is 36.1 Å². The maximum Gasteiger partial charge on any atom is 0.252 e. The third kappa shape index (κ3) is 4.60. The van der Waals surface area contributed by atoms with E-state index in [0.29, 0.717) is 23.7 Å². The van der Waals surface area contributed by atoms with Crippen molar-refractivity contribution in [3.05, 3.63) is 64.2 Å². The van der Waals surface area contributed by atoms with Crippen molar-refractivity contribution in [3.63, 3.8) is 0 Å². The molecule has 2 aromatic rings. The minimum Gasteiger partial charge on any atom is -0.350 e. The minimum atomic E-state index is -0.241. The van der Waals surface area contributed by atoms with Crippen molar-refractivity contribution in [1.82, 2.24) is 5.32 Å². The first kappa shape index (κ1) is 19.0. The lowest BCUT2D eigenvalue weighted by Gasteiger charge is -2.26. The molecule has 0 radical (unpaired) electrons. The Kier molecular flexibility index (Phi) is 6.59. The molecule has 1 N–H and O–H groups in total. The van der Waals surface area contributed by atoms with Crippen LogP contribution in [0.3, 0.4) is 0 Å². The van der Waals surface area contributed by atoms with Crippen molar-refractivity contribution in [3.8, 4) is 0 Å². The zero-order chi connectivity index (χ0) is 18.4. The van der Waals surface area contributed by atoms with Gasteiger partial charge in [0, 0.05) is 25.7 Å². The average Bonchev–Trinajstić information content (AvgIpc) is 2.59. The van der Waals surface area contributed by atoms with Gasteiger partial charge in [-0.25, -0.2) is 0 Å². The molecule has 0 aliphatic carbocycles. The van der Waals surface area contributed by atoms with Crippen molar-refractivity contribution < 1.29 is 9.59 Å². The van der Waals surface area contributed by atoms with Crippen LogP contribution < -0.4 is 10.2 Å². The van der Waals surface area contributed by atoms with E-state index in [4.69, 9.17) is 11.6 Å². The van der Waals surface area contributed by atoms with Gasteiger partial charge in [0.15, 0.2) is 0 Å². The number of hydrogen-bond donors (Lipinski definition) is 1. The molecule has 0 aliphatic rings. The topological polar surface area (TPSA) is 49.4 Å². The normalized spacial score (nSPS) is 10.4. The number of nitrogens with zero attached hydrogens (tertiary/aromatic N) is 1. The highest BCUT2D eigenvalue weighted by atomic mass is 35.5. The lowest BCUT2D eigenvalue weighted by molar-refractivity contribution is -0.116. The van der Waals surface area contributed by atoms with E-state index in [0.717, 1.165) is 23.2 Å².